The third-order valence-corrected chi connectivity index (χ3v) is 3.68. The predicted molar refractivity (Wildman–Crippen MR) is 65.0 cm³/mol. The highest BCUT2D eigenvalue weighted by Gasteiger charge is 2.14. The SMILES string of the molecule is CC(C)(C)CCC(=O)c1cc(Br)cs1. The minimum absolute atomic E-state index is 0.240. The van der Waals surface area contributed by atoms with Gasteiger partial charge in [0.2, 0.25) is 0 Å². The number of halogens is 1. The maximum Gasteiger partial charge on any atom is 0.172 e. The monoisotopic (exact) mass is 274 g/mol. The molecule has 0 aliphatic carbocycles. The summed E-state index contributed by atoms with van der Waals surface area (Å²) in [6.45, 7) is 6.47. The molecule has 0 aliphatic rings. The predicted octanol–water partition coefficient (Wildman–Crippen LogP) is 4.52. The van der Waals surface area contributed by atoms with Crippen molar-refractivity contribution in [2.75, 3.05) is 0 Å². The number of ketones is 1. The second-order valence-corrected chi connectivity index (χ2v) is 6.44. The summed E-state index contributed by atoms with van der Waals surface area (Å²) < 4.78 is 1.00. The largest absolute Gasteiger partial charge is 0.293 e. The van der Waals surface area contributed by atoms with Crippen LogP contribution in [-0.2, 0) is 0 Å². The molecule has 0 N–H and O–H groups in total. The van der Waals surface area contributed by atoms with Gasteiger partial charge < -0.3 is 0 Å². The number of Topliss-reactive ketones (excluding diaryl/α,β-unsaturated/α-hetero) is 1. The van der Waals surface area contributed by atoms with Crippen LogP contribution in [0, 0.1) is 5.41 Å². The van der Waals surface area contributed by atoms with E-state index < -0.39 is 0 Å². The van der Waals surface area contributed by atoms with E-state index in [1.54, 1.807) is 0 Å². The highest BCUT2D eigenvalue weighted by atomic mass is 79.9. The Kier molecular flexibility index (Phi) is 3.90. The Labute approximate surface area is 97.7 Å². The van der Waals surface area contributed by atoms with Gasteiger partial charge in [-0.05, 0) is 33.8 Å². The first-order chi connectivity index (χ1) is 6.38. The Hall–Kier alpha value is -0.150. The lowest BCUT2D eigenvalue weighted by Gasteiger charge is -2.16. The lowest BCUT2D eigenvalue weighted by molar-refractivity contribution is 0.0970. The Bertz CT molecular complexity index is 322. The smallest absolute Gasteiger partial charge is 0.172 e. The van der Waals surface area contributed by atoms with E-state index in [-0.39, 0.29) is 11.2 Å². The van der Waals surface area contributed by atoms with Gasteiger partial charge in [-0.2, -0.15) is 0 Å². The van der Waals surface area contributed by atoms with Crippen LogP contribution in [0.15, 0.2) is 15.9 Å². The van der Waals surface area contributed by atoms with Gasteiger partial charge in [0, 0.05) is 16.3 Å². The van der Waals surface area contributed by atoms with Crippen molar-refractivity contribution in [3.05, 3.63) is 20.8 Å². The van der Waals surface area contributed by atoms with E-state index in [1.165, 1.54) is 11.3 Å². The topological polar surface area (TPSA) is 17.1 Å². The van der Waals surface area contributed by atoms with Crippen LogP contribution in [0.3, 0.4) is 0 Å². The van der Waals surface area contributed by atoms with E-state index >= 15 is 0 Å². The number of thiophene rings is 1. The van der Waals surface area contributed by atoms with Gasteiger partial charge in [0.15, 0.2) is 5.78 Å². The molecule has 0 aliphatic heterocycles. The van der Waals surface area contributed by atoms with Crippen molar-refractivity contribution in [2.45, 2.75) is 33.6 Å². The fourth-order valence-electron chi connectivity index (χ4n) is 1.07. The number of rotatable bonds is 3. The van der Waals surface area contributed by atoms with Crippen LogP contribution in [0.2, 0.25) is 0 Å². The molecule has 0 unspecified atom stereocenters. The van der Waals surface area contributed by atoms with Gasteiger partial charge in [0.05, 0.1) is 4.88 Å². The van der Waals surface area contributed by atoms with E-state index in [9.17, 15) is 4.79 Å². The standard InChI is InChI=1S/C11H15BrOS/c1-11(2,3)5-4-9(13)10-6-8(12)7-14-10/h6-7H,4-5H2,1-3H3. The number of hydrogen-bond acceptors (Lipinski definition) is 2. The summed E-state index contributed by atoms with van der Waals surface area (Å²) in [5.74, 6) is 0.260. The fourth-order valence-corrected chi connectivity index (χ4v) is 2.47. The third kappa shape index (κ3) is 3.93. The normalized spacial score (nSPS) is 11.7. The highest BCUT2D eigenvalue weighted by molar-refractivity contribution is 9.10. The first kappa shape index (κ1) is 11.9. The fraction of sp³-hybridized carbons (Fsp3) is 0.545. The van der Waals surface area contributed by atoms with Crippen molar-refractivity contribution in [1.29, 1.82) is 0 Å². The molecule has 1 aromatic heterocycles. The molecule has 0 bridgehead atoms. The summed E-state index contributed by atoms with van der Waals surface area (Å²) in [4.78, 5) is 12.6. The quantitative estimate of drug-likeness (QED) is 0.741. The molecule has 0 spiro atoms. The second-order valence-electron chi connectivity index (χ2n) is 4.61. The van der Waals surface area contributed by atoms with Gasteiger partial charge in [-0.25, -0.2) is 0 Å². The van der Waals surface area contributed by atoms with Crippen LogP contribution in [0.4, 0.5) is 0 Å². The molecule has 0 aromatic carbocycles. The molecule has 0 saturated heterocycles. The summed E-state index contributed by atoms with van der Waals surface area (Å²) in [6.07, 6.45) is 1.60. The molecule has 1 aromatic rings. The van der Waals surface area contributed by atoms with Crippen molar-refractivity contribution in [1.82, 2.24) is 0 Å². The van der Waals surface area contributed by atoms with Gasteiger partial charge >= 0.3 is 0 Å². The van der Waals surface area contributed by atoms with Gasteiger partial charge in [-0.15, -0.1) is 11.3 Å². The van der Waals surface area contributed by atoms with Gasteiger partial charge in [-0.1, -0.05) is 20.8 Å². The van der Waals surface area contributed by atoms with Crippen molar-refractivity contribution in [3.8, 4) is 0 Å². The molecule has 78 valence electrons. The maximum atomic E-state index is 11.7. The zero-order valence-corrected chi connectivity index (χ0v) is 11.2. The molecule has 14 heavy (non-hydrogen) atoms. The minimum Gasteiger partial charge on any atom is -0.293 e. The van der Waals surface area contributed by atoms with Crippen molar-refractivity contribution >= 4 is 33.0 Å². The van der Waals surface area contributed by atoms with E-state index in [2.05, 4.69) is 36.7 Å². The molecule has 0 saturated carbocycles. The zero-order valence-electron chi connectivity index (χ0n) is 8.76. The van der Waals surface area contributed by atoms with Gasteiger partial charge in [0.25, 0.3) is 0 Å². The van der Waals surface area contributed by atoms with Crippen LogP contribution < -0.4 is 0 Å². The first-order valence-electron chi connectivity index (χ1n) is 4.66. The average Bonchev–Trinajstić information content (AvgIpc) is 2.46. The van der Waals surface area contributed by atoms with Crippen LogP contribution in [-0.4, -0.2) is 5.78 Å². The van der Waals surface area contributed by atoms with E-state index in [4.69, 9.17) is 0 Å². The summed E-state index contributed by atoms with van der Waals surface area (Å²) in [5, 5.41) is 1.95. The van der Waals surface area contributed by atoms with Crippen LogP contribution in [0.25, 0.3) is 0 Å². The summed E-state index contributed by atoms with van der Waals surface area (Å²) in [6, 6.07) is 1.90. The molecule has 1 rings (SSSR count). The van der Waals surface area contributed by atoms with Crippen LogP contribution >= 0.6 is 27.3 Å². The Morgan fingerprint density at radius 3 is 2.57 bits per heavy atom. The van der Waals surface area contributed by atoms with Crippen molar-refractivity contribution in [2.24, 2.45) is 5.41 Å². The molecule has 1 nitrogen and oxygen atoms in total. The van der Waals surface area contributed by atoms with Crippen molar-refractivity contribution < 1.29 is 4.79 Å². The number of carbonyl (C=O) groups excluding carboxylic acids is 1. The Morgan fingerprint density at radius 1 is 1.50 bits per heavy atom. The lowest BCUT2D eigenvalue weighted by Crippen LogP contribution is -2.08. The van der Waals surface area contributed by atoms with Crippen molar-refractivity contribution in [3.63, 3.8) is 0 Å². The van der Waals surface area contributed by atoms with E-state index in [1.807, 2.05) is 11.4 Å². The molecule has 1 heterocycles. The van der Waals surface area contributed by atoms with E-state index in [0.29, 0.717) is 6.42 Å². The molecular weight excluding hydrogens is 260 g/mol. The summed E-state index contributed by atoms with van der Waals surface area (Å²) in [5.41, 5.74) is 0.240. The molecule has 0 radical (unpaired) electrons. The first-order valence-corrected chi connectivity index (χ1v) is 6.33. The van der Waals surface area contributed by atoms with Gasteiger partial charge in [-0.3, -0.25) is 4.79 Å². The van der Waals surface area contributed by atoms with Gasteiger partial charge in [0.1, 0.15) is 0 Å². The minimum atomic E-state index is 0.240. The molecule has 0 amide bonds. The molecule has 0 fully saturated rings. The van der Waals surface area contributed by atoms with Crippen LogP contribution in [0.1, 0.15) is 43.3 Å². The Morgan fingerprint density at radius 2 is 2.14 bits per heavy atom. The lowest BCUT2D eigenvalue weighted by atomic mass is 9.89. The molecule has 3 heteroatoms. The van der Waals surface area contributed by atoms with Crippen LogP contribution in [0.5, 0.6) is 0 Å². The summed E-state index contributed by atoms with van der Waals surface area (Å²) >= 11 is 4.86. The number of hydrogen-bond donors (Lipinski definition) is 0. The summed E-state index contributed by atoms with van der Waals surface area (Å²) in [7, 11) is 0. The maximum absolute atomic E-state index is 11.7. The molecular formula is C11H15BrOS. The molecule has 0 atom stereocenters. The highest BCUT2D eigenvalue weighted by Crippen LogP contribution is 2.25. The average molecular weight is 275 g/mol. The second kappa shape index (κ2) is 4.58. The van der Waals surface area contributed by atoms with E-state index in [0.717, 1.165) is 15.8 Å². The number of carbonyl (C=O) groups is 1. The Balaban J connectivity index is 2.52. The third-order valence-electron chi connectivity index (χ3n) is 1.94. The zero-order chi connectivity index (χ0) is 10.8.